The van der Waals surface area contributed by atoms with Crippen molar-refractivity contribution in [1.29, 1.82) is 0 Å². The summed E-state index contributed by atoms with van der Waals surface area (Å²) in [5.74, 6) is -21.6. The molecule has 3 N–H and O–H groups in total. The monoisotopic (exact) mass is 502 g/mol. The number of rotatable bonds is 8. The van der Waals surface area contributed by atoms with E-state index in [1.807, 2.05) is 0 Å². The van der Waals surface area contributed by atoms with Crippen molar-refractivity contribution in [3.8, 4) is 5.75 Å². The number of carbonyl (C=O) groups is 4. The SMILES string of the molecule is O=COc1c(F)c(F)c(SSc2c(F)c(F)c(C(=O)O)c(C(=O)O)c2F)c(F)c1C(=O)O. The van der Waals surface area contributed by atoms with Gasteiger partial charge in [-0.15, -0.1) is 0 Å². The number of hydrogen-bond donors (Lipinski definition) is 3. The van der Waals surface area contributed by atoms with Gasteiger partial charge in [-0.3, -0.25) is 4.79 Å². The summed E-state index contributed by atoms with van der Waals surface area (Å²) in [6.07, 6.45) is 0. The van der Waals surface area contributed by atoms with E-state index in [-0.39, 0.29) is 0 Å². The molecule has 32 heavy (non-hydrogen) atoms. The zero-order valence-corrected chi connectivity index (χ0v) is 16.2. The lowest BCUT2D eigenvalue weighted by Gasteiger charge is -2.13. The third-order valence-electron chi connectivity index (χ3n) is 3.53. The Balaban J connectivity index is 2.68. The summed E-state index contributed by atoms with van der Waals surface area (Å²) in [7, 11) is -0.807. The predicted octanol–water partition coefficient (Wildman–Crippen LogP) is 3.95. The van der Waals surface area contributed by atoms with E-state index in [2.05, 4.69) is 4.74 Å². The normalized spacial score (nSPS) is 10.7. The second-order valence-electron chi connectivity index (χ2n) is 5.29. The van der Waals surface area contributed by atoms with Crippen LogP contribution in [0.5, 0.6) is 5.75 Å². The van der Waals surface area contributed by atoms with Crippen LogP contribution in [0.15, 0.2) is 9.79 Å². The highest BCUT2D eigenvalue weighted by atomic mass is 33.1. The summed E-state index contributed by atoms with van der Waals surface area (Å²) in [4.78, 5) is 40.5. The minimum absolute atomic E-state index is 0.397. The molecule has 8 nitrogen and oxygen atoms in total. The standard InChI is InChI=1S/C16H4F6O8S2/c17-5-2(14(24)25)3(15(26)27)6(18)12(9(5)21)31-32-13-7(19)4(16(28)29)11(30-1-23)8(20)10(13)22/h1H,(H,24,25)(H,26,27)(H,28,29). The van der Waals surface area contributed by atoms with Crippen molar-refractivity contribution >= 4 is 46.0 Å². The van der Waals surface area contributed by atoms with Crippen molar-refractivity contribution in [3.05, 3.63) is 51.6 Å². The van der Waals surface area contributed by atoms with E-state index in [0.717, 1.165) is 0 Å². The molecule has 0 bridgehead atoms. The van der Waals surface area contributed by atoms with E-state index in [4.69, 9.17) is 15.3 Å². The van der Waals surface area contributed by atoms with Gasteiger partial charge < -0.3 is 20.1 Å². The quantitative estimate of drug-likeness (QED) is 0.211. The maximum absolute atomic E-state index is 14.5. The number of aromatic carboxylic acids is 3. The smallest absolute Gasteiger partial charge is 0.342 e. The average Bonchev–Trinajstić information content (AvgIpc) is 2.69. The molecular weight excluding hydrogens is 498 g/mol. The molecule has 0 aromatic heterocycles. The van der Waals surface area contributed by atoms with Crippen molar-refractivity contribution in [2.75, 3.05) is 0 Å². The first-order chi connectivity index (χ1) is 14.9. The molecule has 16 heteroatoms. The van der Waals surface area contributed by atoms with Crippen molar-refractivity contribution in [2.24, 2.45) is 0 Å². The van der Waals surface area contributed by atoms with Gasteiger partial charge in [-0.05, 0) is 21.6 Å². The van der Waals surface area contributed by atoms with Crippen LogP contribution in [0.2, 0.25) is 0 Å². The molecule has 0 radical (unpaired) electrons. The maximum atomic E-state index is 14.5. The fourth-order valence-electron chi connectivity index (χ4n) is 2.24. The molecule has 0 unspecified atom stereocenters. The minimum Gasteiger partial charge on any atom is -0.478 e. The Labute approximate surface area is 179 Å². The van der Waals surface area contributed by atoms with E-state index in [1.165, 1.54) is 0 Å². The second-order valence-corrected chi connectivity index (χ2v) is 7.44. The van der Waals surface area contributed by atoms with E-state index in [0.29, 0.717) is 0 Å². The zero-order valence-electron chi connectivity index (χ0n) is 14.5. The highest BCUT2D eigenvalue weighted by molar-refractivity contribution is 8.76. The highest BCUT2D eigenvalue weighted by Gasteiger charge is 2.35. The Bertz CT molecular complexity index is 1190. The molecule has 0 aliphatic heterocycles. The molecule has 2 aromatic carbocycles. The number of benzene rings is 2. The highest BCUT2D eigenvalue weighted by Crippen LogP contribution is 2.46. The topological polar surface area (TPSA) is 138 Å². The van der Waals surface area contributed by atoms with Crippen LogP contribution in [-0.2, 0) is 4.79 Å². The number of ether oxygens (including phenoxy) is 1. The molecule has 0 heterocycles. The van der Waals surface area contributed by atoms with Crippen LogP contribution in [0.25, 0.3) is 0 Å². The Morgan fingerprint density at radius 3 is 1.41 bits per heavy atom. The molecule has 0 amide bonds. The largest absolute Gasteiger partial charge is 0.478 e. The Morgan fingerprint density at radius 1 is 0.625 bits per heavy atom. The molecule has 0 aliphatic carbocycles. The molecule has 0 spiro atoms. The van der Waals surface area contributed by atoms with Crippen LogP contribution < -0.4 is 4.74 Å². The van der Waals surface area contributed by atoms with Gasteiger partial charge >= 0.3 is 17.9 Å². The first-order valence-electron chi connectivity index (χ1n) is 7.42. The first kappa shape index (κ1) is 24.9. The lowest BCUT2D eigenvalue weighted by Crippen LogP contribution is -2.16. The summed E-state index contributed by atoms with van der Waals surface area (Å²) in [5, 5.41) is 26.7. The van der Waals surface area contributed by atoms with E-state index < -0.39 is 113 Å². The average molecular weight is 502 g/mol. The van der Waals surface area contributed by atoms with Gasteiger partial charge in [0, 0.05) is 0 Å². The fourth-order valence-corrected chi connectivity index (χ4v) is 4.46. The molecule has 0 aliphatic rings. The van der Waals surface area contributed by atoms with E-state index >= 15 is 0 Å². The van der Waals surface area contributed by atoms with Crippen molar-refractivity contribution in [3.63, 3.8) is 0 Å². The van der Waals surface area contributed by atoms with Crippen molar-refractivity contribution in [1.82, 2.24) is 0 Å². The molecule has 0 atom stereocenters. The Hall–Kier alpha value is -3.40. The van der Waals surface area contributed by atoms with E-state index in [9.17, 15) is 45.5 Å². The van der Waals surface area contributed by atoms with Gasteiger partial charge in [0.25, 0.3) is 6.47 Å². The fraction of sp³-hybridized carbons (Fsp3) is 0. The van der Waals surface area contributed by atoms with Gasteiger partial charge in [0.1, 0.15) is 16.7 Å². The molecule has 170 valence electrons. The third-order valence-corrected chi connectivity index (χ3v) is 5.92. The van der Waals surface area contributed by atoms with Crippen LogP contribution in [0, 0.1) is 34.9 Å². The van der Waals surface area contributed by atoms with Gasteiger partial charge in [0.15, 0.2) is 34.8 Å². The number of carboxylic acids is 3. The van der Waals surface area contributed by atoms with E-state index in [1.54, 1.807) is 0 Å². The van der Waals surface area contributed by atoms with Crippen LogP contribution in [0.1, 0.15) is 31.1 Å². The molecule has 0 saturated heterocycles. The summed E-state index contributed by atoms with van der Waals surface area (Å²) < 4.78 is 89.2. The number of hydrogen-bond acceptors (Lipinski definition) is 7. The van der Waals surface area contributed by atoms with Crippen LogP contribution in [0.3, 0.4) is 0 Å². The van der Waals surface area contributed by atoms with Gasteiger partial charge in [-0.2, -0.15) is 4.39 Å². The lowest BCUT2D eigenvalue weighted by molar-refractivity contribution is -0.120. The molecule has 0 fully saturated rings. The van der Waals surface area contributed by atoms with Crippen LogP contribution in [0.4, 0.5) is 26.3 Å². The lowest BCUT2D eigenvalue weighted by atomic mass is 10.1. The summed E-state index contributed by atoms with van der Waals surface area (Å²) in [6, 6.07) is 0. The third kappa shape index (κ3) is 4.18. The molecule has 2 aromatic rings. The van der Waals surface area contributed by atoms with Gasteiger partial charge in [0.05, 0.1) is 9.79 Å². The maximum Gasteiger partial charge on any atom is 0.342 e. The van der Waals surface area contributed by atoms with Crippen LogP contribution >= 0.6 is 21.6 Å². The van der Waals surface area contributed by atoms with Crippen molar-refractivity contribution < 1.29 is 65.6 Å². The first-order valence-corrected chi connectivity index (χ1v) is 9.57. The minimum atomic E-state index is -2.34. The van der Waals surface area contributed by atoms with Crippen LogP contribution in [-0.4, -0.2) is 39.7 Å². The number of halogens is 6. The van der Waals surface area contributed by atoms with Gasteiger partial charge in [-0.25, -0.2) is 36.3 Å². The number of carbonyl (C=O) groups excluding carboxylic acids is 1. The molecular formula is C16H4F6O8S2. The van der Waals surface area contributed by atoms with Gasteiger partial charge in [0.2, 0.25) is 5.82 Å². The summed E-state index contributed by atoms with van der Waals surface area (Å²) >= 11 is 0. The second kappa shape index (κ2) is 9.39. The summed E-state index contributed by atoms with van der Waals surface area (Å²) in [5.41, 5.74) is -5.35. The molecule has 2 rings (SSSR count). The Morgan fingerprint density at radius 2 is 1.00 bits per heavy atom. The predicted molar refractivity (Wildman–Crippen MR) is 91.9 cm³/mol. The molecule has 0 saturated carbocycles. The zero-order chi connectivity index (χ0) is 24.5. The summed E-state index contributed by atoms with van der Waals surface area (Å²) in [6.45, 7) is -0.531. The van der Waals surface area contributed by atoms with Crippen molar-refractivity contribution in [2.45, 2.75) is 9.79 Å². The van der Waals surface area contributed by atoms with Gasteiger partial charge in [-0.1, -0.05) is 0 Å². The number of carboxylic acid groups (broad SMARTS) is 3. The Kier molecular flexibility index (Phi) is 7.30.